The number of hydrogen-bond donors (Lipinski definition) is 0. The second kappa shape index (κ2) is 7.86. The number of para-hydroxylation sites is 1. The summed E-state index contributed by atoms with van der Waals surface area (Å²) in [6.07, 6.45) is -1.01. The summed E-state index contributed by atoms with van der Waals surface area (Å²) in [6, 6.07) is 17.2. The van der Waals surface area contributed by atoms with E-state index in [1.165, 1.54) is 11.8 Å². The highest BCUT2D eigenvalue weighted by Crippen LogP contribution is 2.14. The van der Waals surface area contributed by atoms with Crippen LogP contribution in [0.5, 0.6) is 0 Å². The van der Waals surface area contributed by atoms with E-state index in [0.717, 1.165) is 11.6 Å². The molecule has 0 saturated heterocycles. The number of fused-ring (bicyclic) bond motifs is 1. The molecule has 138 valence electrons. The van der Waals surface area contributed by atoms with Gasteiger partial charge in [-0.2, -0.15) is 0 Å². The van der Waals surface area contributed by atoms with Crippen LogP contribution in [0.2, 0.25) is 0 Å². The van der Waals surface area contributed by atoms with Gasteiger partial charge in [0.2, 0.25) is 5.76 Å². The minimum atomic E-state index is -1.01. The molecule has 6 heteroatoms. The molecule has 1 atom stereocenters. The third-order valence-corrected chi connectivity index (χ3v) is 4.11. The fourth-order valence-corrected chi connectivity index (χ4v) is 2.72. The van der Waals surface area contributed by atoms with Crippen molar-refractivity contribution in [2.24, 2.45) is 0 Å². The lowest BCUT2D eigenvalue weighted by atomic mass is 10.2. The van der Waals surface area contributed by atoms with E-state index >= 15 is 0 Å². The number of amides is 1. The van der Waals surface area contributed by atoms with Crippen LogP contribution < -0.4 is 5.43 Å². The Hall–Kier alpha value is -3.41. The lowest BCUT2D eigenvalue weighted by Gasteiger charge is -2.21. The second-order valence-corrected chi connectivity index (χ2v) is 6.20. The summed E-state index contributed by atoms with van der Waals surface area (Å²) in [5, 5.41) is 0.376. The normalized spacial score (nSPS) is 11.8. The minimum absolute atomic E-state index is 0.232. The molecule has 0 spiro atoms. The smallest absolute Gasteiger partial charge is 0.375 e. The molecule has 27 heavy (non-hydrogen) atoms. The molecule has 0 fully saturated rings. The van der Waals surface area contributed by atoms with Gasteiger partial charge < -0.3 is 14.1 Å². The number of benzene rings is 2. The van der Waals surface area contributed by atoms with Gasteiger partial charge in [0.1, 0.15) is 5.58 Å². The maximum atomic E-state index is 12.4. The maximum absolute atomic E-state index is 12.4. The second-order valence-electron chi connectivity index (χ2n) is 6.20. The zero-order valence-corrected chi connectivity index (χ0v) is 15.0. The van der Waals surface area contributed by atoms with Crippen LogP contribution in [0, 0.1) is 0 Å². The molecule has 0 N–H and O–H groups in total. The Labute approximate surface area is 156 Å². The molecule has 2 aromatic carbocycles. The Kier molecular flexibility index (Phi) is 5.35. The van der Waals surface area contributed by atoms with Crippen molar-refractivity contribution in [2.75, 3.05) is 7.05 Å². The lowest BCUT2D eigenvalue weighted by molar-refractivity contribution is -0.139. The molecule has 0 aliphatic rings. The summed E-state index contributed by atoms with van der Waals surface area (Å²) in [6.45, 7) is 1.88. The van der Waals surface area contributed by atoms with Crippen molar-refractivity contribution in [3.05, 3.63) is 82.2 Å². The molecule has 0 bridgehead atoms. The highest BCUT2D eigenvalue weighted by molar-refractivity contribution is 5.91. The summed E-state index contributed by atoms with van der Waals surface area (Å²) in [4.78, 5) is 38.3. The molecule has 3 rings (SSSR count). The van der Waals surface area contributed by atoms with E-state index in [9.17, 15) is 14.4 Å². The van der Waals surface area contributed by atoms with Gasteiger partial charge in [-0.05, 0) is 24.6 Å². The Morgan fingerprint density at radius 2 is 1.74 bits per heavy atom. The molecule has 1 heterocycles. The third-order valence-electron chi connectivity index (χ3n) is 4.11. The minimum Gasteiger partial charge on any atom is -0.449 e. The zero-order chi connectivity index (χ0) is 19.4. The average Bonchev–Trinajstić information content (AvgIpc) is 2.68. The molecule has 0 radical (unpaired) electrons. The van der Waals surface area contributed by atoms with Gasteiger partial charge in [-0.1, -0.05) is 42.5 Å². The van der Waals surface area contributed by atoms with E-state index < -0.39 is 12.1 Å². The maximum Gasteiger partial charge on any atom is 0.375 e. The molecule has 0 saturated carbocycles. The zero-order valence-electron chi connectivity index (χ0n) is 15.0. The van der Waals surface area contributed by atoms with E-state index in [1.54, 1.807) is 31.3 Å². The molecule has 6 nitrogen and oxygen atoms in total. The molecule has 1 amide bonds. The number of carbonyl (C=O) groups excluding carboxylic acids is 2. The highest BCUT2D eigenvalue weighted by Gasteiger charge is 2.24. The number of rotatable bonds is 5. The summed E-state index contributed by atoms with van der Waals surface area (Å²) in [5.74, 6) is -1.44. The van der Waals surface area contributed by atoms with Crippen LogP contribution in [0.3, 0.4) is 0 Å². The quantitative estimate of drug-likeness (QED) is 0.650. The van der Waals surface area contributed by atoms with Crippen molar-refractivity contribution in [3.8, 4) is 0 Å². The van der Waals surface area contributed by atoms with Crippen molar-refractivity contribution in [1.29, 1.82) is 0 Å². The van der Waals surface area contributed by atoms with Crippen molar-refractivity contribution < 1.29 is 18.7 Å². The van der Waals surface area contributed by atoms with Gasteiger partial charge in [0.15, 0.2) is 11.5 Å². The molecule has 3 aromatic rings. The van der Waals surface area contributed by atoms with Crippen LogP contribution >= 0.6 is 0 Å². The van der Waals surface area contributed by atoms with Crippen LogP contribution in [-0.4, -0.2) is 29.9 Å². The number of carbonyl (C=O) groups is 2. The van der Waals surface area contributed by atoms with E-state index in [4.69, 9.17) is 9.15 Å². The van der Waals surface area contributed by atoms with Gasteiger partial charge in [-0.3, -0.25) is 9.59 Å². The predicted octanol–water partition coefficient (Wildman–Crippen LogP) is 3.00. The number of likely N-dealkylation sites (N-methyl/N-ethyl adjacent to an activating group) is 1. The molecular weight excluding hydrogens is 346 g/mol. The van der Waals surface area contributed by atoms with Gasteiger partial charge in [-0.25, -0.2) is 4.79 Å². The first-order valence-electron chi connectivity index (χ1n) is 8.48. The van der Waals surface area contributed by atoms with Crippen LogP contribution in [0.4, 0.5) is 0 Å². The number of ether oxygens (including phenoxy) is 1. The lowest BCUT2D eigenvalue weighted by Crippen LogP contribution is -2.37. The van der Waals surface area contributed by atoms with Crippen LogP contribution in [0.1, 0.15) is 23.0 Å². The summed E-state index contributed by atoms with van der Waals surface area (Å²) < 4.78 is 10.6. The van der Waals surface area contributed by atoms with Crippen molar-refractivity contribution >= 4 is 22.8 Å². The van der Waals surface area contributed by atoms with E-state index in [-0.39, 0.29) is 22.7 Å². The Bertz CT molecular complexity index is 1030. The summed E-state index contributed by atoms with van der Waals surface area (Å²) in [5.41, 5.74) is 0.911. The first-order chi connectivity index (χ1) is 13.0. The van der Waals surface area contributed by atoms with Gasteiger partial charge in [0.05, 0.1) is 5.39 Å². The first kappa shape index (κ1) is 18.4. The van der Waals surface area contributed by atoms with Gasteiger partial charge in [-0.15, -0.1) is 0 Å². The van der Waals surface area contributed by atoms with Gasteiger partial charge >= 0.3 is 5.97 Å². The number of esters is 1. The van der Waals surface area contributed by atoms with Crippen LogP contribution in [-0.2, 0) is 16.1 Å². The Balaban J connectivity index is 1.69. The van der Waals surface area contributed by atoms with E-state index in [1.807, 2.05) is 30.3 Å². The standard InChI is InChI=1S/C21H19NO5/c1-14(20(24)22(2)13-15-8-4-3-5-9-15)26-21(25)19-12-17(23)16-10-6-7-11-18(16)27-19/h3-12,14H,13H2,1-2H3. The Morgan fingerprint density at radius 1 is 1.07 bits per heavy atom. The van der Waals surface area contributed by atoms with Crippen molar-refractivity contribution in [1.82, 2.24) is 4.90 Å². The fourth-order valence-electron chi connectivity index (χ4n) is 2.72. The van der Waals surface area contributed by atoms with Crippen LogP contribution in [0.15, 0.2) is 69.9 Å². The van der Waals surface area contributed by atoms with Crippen molar-refractivity contribution in [2.45, 2.75) is 19.6 Å². The largest absolute Gasteiger partial charge is 0.449 e. The van der Waals surface area contributed by atoms with Gasteiger partial charge in [0, 0.05) is 19.7 Å². The van der Waals surface area contributed by atoms with Crippen molar-refractivity contribution in [3.63, 3.8) is 0 Å². The summed E-state index contributed by atoms with van der Waals surface area (Å²) in [7, 11) is 1.63. The predicted molar refractivity (Wildman–Crippen MR) is 100 cm³/mol. The number of nitrogens with zero attached hydrogens (tertiary/aromatic N) is 1. The molecule has 0 aliphatic heterocycles. The topological polar surface area (TPSA) is 76.8 Å². The first-order valence-corrected chi connectivity index (χ1v) is 8.48. The molecule has 1 aromatic heterocycles. The molecular formula is C21H19NO5. The third kappa shape index (κ3) is 4.23. The molecule has 0 aliphatic carbocycles. The average molecular weight is 365 g/mol. The van der Waals surface area contributed by atoms with E-state index in [2.05, 4.69) is 0 Å². The summed E-state index contributed by atoms with van der Waals surface area (Å²) >= 11 is 0. The van der Waals surface area contributed by atoms with Gasteiger partial charge in [0.25, 0.3) is 5.91 Å². The Morgan fingerprint density at radius 3 is 2.48 bits per heavy atom. The SMILES string of the molecule is CC(OC(=O)c1cc(=O)c2ccccc2o1)C(=O)N(C)Cc1ccccc1. The van der Waals surface area contributed by atoms with E-state index in [0.29, 0.717) is 11.9 Å². The van der Waals surface area contributed by atoms with Crippen LogP contribution in [0.25, 0.3) is 11.0 Å². The fraction of sp³-hybridized carbons (Fsp3) is 0.190. The molecule has 1 unspecified atom stereocenters. The number of hydrogen-bond acceptors (Lipinski definition) is 5. The monoisotopic (exact) mass is 365 g/mol. The highest BCUT2D eigenvalue weighted by atomic mass is 16.6.